The summed E-state index contributed by atoms with van der Waals surface area (Å²) in [5, 5.41) is 8.81. The van der Waals surface area contributed by atoms with Crippen LogP contribution >= 0.6 is 0 Å². The summed E-state index contributed by atoms with van der Waals surface area (Å²) in [6.07, 6.45) is -10.2. The Bertz CT molecular complexity index is 432. The summed E-state index contributed by atoms with van der Waals surface area (Å²) in [5.41, 5.74) is -4.08. The van der Waals surface area contributed by atoms with E-state index < -0.39 is 47.6 Å². The molecule has 0 aliphatic carbocycles. The molecule has 0 amide bonds. The lowest BCUT2D eigenvalue weighted by molar-refractivity contribution is -0.144. The zero-order chi connectivity index (χ0) is 14.1. The van der Waals surface area contributed by atoms with Crippen LogP contribution in [0, 0.1) is 0 Å². The standard InChI is InChI=1S/C11H10F6O/c1-2-7-8(10(12,13)14)4-3-6(5-18)9(7)11(15,16)17/h3-4,18H,2,5H2,1H3. The molecule has 0 radical (unpaired) electrons. The number of halogens is 6. The fourth-order valence-electron chi connectivity index (χ4n) is 1.81. The Morgan fingerprint density at radius 2 is 1.56 bits per heavy atom. The lowest BCUT2D eigenvalue weighted by atomic mass is 9.93. The van der Waals surface area contributed by atoms with Crippen molar-refractivity contribution in [3.63, 3.8) is 0 Å². The summed E-state index contributed by atoms with van der Waals surface area (Å²) < 4.78 is 76.1. The summed E-state index contributed by atoms with van der Waals surface area (Å²) in [6, 6.07) is 1.23. The van der Waals surface area contributed by atoms with Gasteiger partial charge < -0.3 is 5.11 Å². The maximum Gasteiger partial charge on any atom is 0.417 e. The van der Waals surface area contributed by atoms with Gasteiger partial charge in [0.15, 0.2) is 0 Å². The molecule has 0 aliphatic rings. The van der Waals surface area contributed by atoms with Gasteiger partial charge in [-0.25, -0.2) is 0 Å². The molecule has 0 saturated heterocycles. The van der Waals surface area contributed by atoms with Gasteiger partial charge in [0.1, 0.15) is 0 Å². The van der Waals surface area contributed by atoms with E-state index in [9.17, 15) is 26.3 Å². The molecular formula is C11H10F6O. The molecule has 1 rings (SSSR count). The van der Waals surface area contributed by atoms with Gasteiger partial charge in [0.25, 0.3) is 0 Å². The third kappa shape index (κ3) is 2.77. The SMILES string of the molecule is CCc1c(C(F)(F)F)ccc(CO)c1C(F)(F)F. The lowest BCUT2D eigenvalue weighted by Crippen LogP contribution is -2.18. The van der Waals surface area contributed by atoms with E-state index in [2.05, 4.69) is 0 Å². The summed E-state index contributed by atoms with van der Waals surface area (Å²) >= 11 is 0. The van der Waals surface area contributed by atoms with E-state index in [4.69, 9.17) is 5.11 Å². The van der Waals surface area contributed by atoms with Gasteiger partial charge in [-0.1, -0.05) is 13.0 Å². The first kappa shape index (κ1) is 14.8. The highest BCUT2D eigenvalue weighted by molar-refractivity contribution is 5.44. The molecule has 1 N–H and O–H groups in total. The van der Waals surface area contributed by atoms with Crippen LogP contribution in [0.25, 0.3) is 0 Å². The minimum absolute atomic E-state index is 0.419. The molecule has 0 atom stereocenters. The molecule has 1 aromatic rings. The van der Waals surface area contributed by atoms with Crippen molar-refractivity contribution in [2.24, 2.45) is 0 Å². The van der Waals surface area contributed by atoms with Crippen molar-refractivity contribution in [3.05, 3.63) is 34.4 Å². The van der Waals surface area contributed by atoms with Crippen molar-refractivity contribution in [2.75, 3.05) is 0 Å². The van der Waals surface area contributed by atoms with Crippen LogP contribution in [0.2, 0.25) is 0 Å². The molecule has 0 aliphatic heterocycles. The highest BCUT2D eigenvalue weighted by Gasteiger charge is 2.41. The molecule has 102 valence electrons. The van der Waals surface area contributed by atoms with Gasteiger partial charge in [0.05, 0.1) is 17.7 Å². The normalized spacial score (nSPS) is 12.9. The summed E-state index contributed by atoms with van der Waals surface area (Å²) in [4.78, 5) is 0. The second-order valence-electron chi connectivity index (χ2n) is 3.63. The van der Waals surface area contributed by atoms with Gasteiger partial charge in [-0.05, 0) is 23.6 Å². The molecule has 0 fully saturated rings. The summed E-state index contributed by atoms with van der Waals surface area (Å²) in [5.74, 6) is 0. The number of aliphatic hydroxyl groups is 1. The largest absolute Gasteiger partial charge is 0.417 e. The second kappa shape index (κ2) is 4.79. The highest BCUT2D eigenvalue weighted by Crippen LogP contribution is 2.41. The van der Waals surface area contributed by atoms with Crippen LogP contribution in [0.4, 0.5) is 26.3 Å². The number of benzene rings is 1. The van der Waals surface area contributed by atoms with Gasteiger partial charge in [-0.15, -0.1) is 0 Å². The van der Waals surface area contributed by atoms with Crippen LogP contribution in [0.15, 0.2) is 12.1 Å². The summed E-state index contributed by atoms with van der Waals surface area (Å²) in [7, 11) is 0. The van der Waals surface area contributed by atoms with Gasteiger partial charge in [0, 0.05) is 0 Å². The molecule has 0 heterocycles. The number of hydrogen-bond acceptors (Lipinski definition) is 1. The Labute approximate surface area is 99.0 Å². The average molecular weight is 272 g/mol. The quantitative estimate of drug-likeness (QED) is 0.812. The van der Waals surface area contributed by atoms with Crippen LogP contribution in [-0.4, -0.2) is 5.11 Å². The molecular weight excluding hydrogens is 262 g/mol. The van der Waals surface area contributed by atoms with Crippen molar-refractivity contribution >= 4 is 0 Å². The maximum absolute atomic E-state index is 12.8. The molecule has 0 aromatic heterocycles. The first-order valence-corrected chi connectivity index (χ1v) is 5.03. The van der Waals surface area contributed by atoms with Crippen LogP contribution in [-0.2, 0) is 25.4 Å². The van der Waals surface area contributed by atoms with Gasteiger partial charge >= 0.3 is 12.4 Å². The predicted molar refractivity (Wildman–Crippen MR) is 51.7 cm³/mol. The van der Waals surface area contributed by atoms with E-state index in [1.807, 2.05) is 0 Å². The van der Waals surface area contributed by atoms with E-state index in [-0.39, 0.29) is 0 Å². The van der Waals surface area contributed by atoms with E-state index >= 15 is 0 Å². The van der Waals surface area contributed by atoms with E-state index in [1.165, 1.54) is 6.92 Å². The molecule has 0 unspecified atom stereocenters. The monoisotopic (exact) mass is 272 g/mol. The first-order chi connectivity index (χ1) is 8.12. The third-order valence-electron chi connectivity index (χ3n) is 2.51. The Hall–Kier alpha value is -1.24. The number of aliphatic hydroxyl groups excluding tert-OH is 1. The summed E-state index contributed by atoms with van der Waals surface area (Å²) in [6.45, 7) is 0.251. The maximum atomic E-state index is 12.8. The molecule has 1 nitrogen and oxygen atoms in total. The van der Waals surface area contributed by atoms with Crippen LogP contribution in [0.3, 0.4) is 0 Å². The van der Waals surface area contributed by atoms with Gasteiger partial charge in [-0.2, -0.15) is 26.3 Å². The highest BCUT2D eigenvalue weighted by atomic mass is 19.4. The van der Waals surface area contributed by atoms with Gasteiger partial charge in [0.2, 0.25) is 0 Å². The predicted octanol–water partition coefficient (Wildman–Crippen LogP) is 3.78. The molecule has 7 heteroatoms. The average Bonchev–Trinajstić information content (AvgIpc) is 2.24. The Balaban J connectivity index is 3.64. The molecule has 0 spiro atoms. The third-order valence-corrected chi connectivity index (χ3v) is 2.51. The topological polar surface area (TPSA) is 20.2 Å². The van der Waals surface area contributed by atoms with Crippen LogP contribution in [0.1, 0.15) is 29.2 Å². The number of rotatable bonds is 2. The van der Waals surface area contributed by atoms with Crippen molar-refractivity contribution in [1.29, 1.82) is 0 Å². The minimum atomic E-state index is -4.93. The molecule has 18 heavy (non-hydrogen) atoms. The number of hydrogen-bond donors (Lipinski definition) is 1. The van der Waals surface area contributed by atoms with Crippen molar-refractivity contribution in [1.82, 2.24) is 0 Å². The van der Waals surface area contributed by atoms with Crippen LogP contribution in [0.5, 0.6) is 0 Å². The van der Waals surface area contributed by atoms with Crippen molar-refractivity contribution in [2.45, 2.75) is 32.3 Å². The van der Waals surface area contributed by atoms with Crippen molar-refractivity contribution < 1.29 is 31.4 Å². The Morgan fingerprint density at radius 1 is 1.00 bits per heavy atom. The van der Waals surface area contributed by atoms with Gasteiger partial charge in [-0.3, -0.25) is 0 Å². The molecule has 0 bridgehead atoms. The lowest BCUT2D eigenvalue weighted by Gasteiger charge is -2.20. The molecule has 1 aromatic carbocycles. The zero-order valence-corrected chi connectivity index (χ0v) is 9.28. The van der Waals surface area contributed by atoms with Crippen molar-refractivity contribution in [3.8, 4) is 0 Å². The first-order valence-electron chi connectivity index (χ1n) is 5.03. The number of alkyl halides is 6. The minimum Gasteiger partial charge on any atom is -0.392 e. The van der Waals surface area contributed by atoms with E-state index in [0.29, 0.717) is 12.1 Å². The molecule has 0 saturated carbocycles. The Morgan fingerprint density at radius 3 is 1.89 bits per heavy atom. The fraction of sp³-hybridized carbons (Fsp3) is 0.455. The Kier molecular flexibility index (Phi) is 3.95. The zero-order valence-electron chi connectivity index (χ0n) is 9.28. The van der Waals surface area contributed by atoms with E-state index in [1.54, 1.807) is 0 Å². The fourth-order valence-corrected chi connectivity index (χ4v) is 1.81. The van der Waals surface area contributed by atoms with E-state index in [0.717, 1.165) is 0 Å². The smallest absolute Gasteiger partial charge is 0.392 e. The van der Waals surface area contributed by atoms with Crippen LogP contribution < -0.4 is 0 Å². The second-order valence-corrected chi connectivity index (χ2v) is 3.63.